The van der Waals surface area contributed by atoms with Crippen LogP contribution < -0.4 is 10.9 Å². The maximum absolute atomic E-state index is 12.5. The molecule has 0 unspecified atom stereocenters. The average molecular weight is 420 g/mol. The fourth-order valence-corrected chi connectivity index (χ4v) is 3.91. The molecule has 0 aliphatic rings. The van der Waals surface area contributed by atoms with Crippen molar-refractivity contribution in [2.45, 2.75) is 13.5 Å². The summed E-state index contributed by atoms with van der Waals surface area (Å²) in [4.78, 5) is 34.4. The topological polar surface area (TPSA) is 94.7 Å². The van der Waals surface area contributed by atoms with Gasteiger partial charge in [0, 0.05) is 37.2 Å². The molecule has 0 aromatic carbocycles. The second kappa shape index (κ2) is 8.42. The van der Waals surface area contributed by atoms with Crippen molar-refractivity contribution in [3.63, 3.8) is 0 Å². The molecule has 0 bridgehead atoms. The molecule has 30 heavy (non-hydrogen) atoms. The quantitative estimate of drug-likeness (QED) is 0.517. The summed E-state index contributed by atoms with van der Waals surface area (Å²) in [5, 5.41) is 9.32. The highest BCUT2D eigenvalue weighted by Crippen LogP contribution is 2.33. The second-order valence-corrected chi connectivity index (χ2v) is 7.65. The molecule has 4 aromatic heterocycles. The van der Waals surface area contributed by atoms with Crippen molar-refractivity contribution in [3.8, 4) is 21.8 Å². The number of pyridine rings is 1. The zero-order valence-corrected chi connectivity index (χ0v) is 17.4. The minimum absolute atomic E-state index is 0.127. The minimum Gasteiger partial charge on any atom is -0.350 e. The van der Waals surface area contributed by atoms with E-state index in [9.17, 15) is 9.59 Å². The number of nitrogens with one attached hydrogen (secondary N) is 1. The van der Waals surface area contributed by atoms with Crippen LogP contribution >= 0.6 is 11.3 Å². The van der Waals surface area contributed by atoms with E-state index in [1.165, 1.54) is 4.57 Å². The third kappa shape index (κ3) is 3.79. The molecule has 0 saturated carbocycles. The zero-order valence-electron chi connectivity index (χ0n) is 16.6. The van der Waals surface area contributed by atoms with Crippen LogP contribution in [0.5, 0.6) is 0 Å². The summed E-state index contributed by atoms with van der Waals surface area (Å²) in [5.74, 6) is -0.394. The number of thiophene rings is 1. The van der Waals surface area contributed by atoms with Crippen molar-refractivity contribution >= 4 is 17.2 Å². The molecule has 0 fully saturated rings. The predicted octanol–water partition coefficient (Wildman–Crippen LogP) is 2.51. The van der Waals surface area contributed by atoms with E-state index in [-0.39, 0.29) is 11.1 Å². The van der Waals surface area contributed by atoms with E-state index >= 15 is 0 Å². The van der Waals surface area contributed by atoms with Gasteiger partial charge in [0.05, 0.1) is 35.2 Å². The molecule has 4 aromatic rings. The summed E-state index contributed by atoms with van der Waals surface area (Å²) in [5.41, 5.74) is 3.15. The molecule has 1 N–H and O–H groups in total. The van der Waals surface area contributed by atoms with E-state index in [4.69, 9.17) is 0 Å². The minimum atomic E-state index is -0.394. The van der Waals surface area contributed by atoms with Crippen LogP contribution in [0.1, 0.15) is 16.1 Å². The zero-order chi connectivity index (χ0) is 21.1. The Morgan fingerprint density at radius 2 is 2.07 bits per heavy atom. The molecule has 4 rings (SSSR count). The highest BCUT2D eigenvalue weighted by Gasteiger charge is 2.17. The van der Waals surface area contributed by atoms with E-state index in [0.29, 0.717) is 13.1 Å². The monoisotopic (exact) mass is 420 g/mol. The third-order valence-electron chi connectivity index (χ3n) is 4.84. The summed E-state index contributed by atoms with van der Waals surface area (Å²) >= 11 is 1.60. The Balaban J connectivity index is 1.55. The van der Waals surface area contributed by atoms with E-state index in [2.05, 4.69) is 20.4 Å². The number of aryl methyl sites for hydroxylation is 1. The lowest BCUT2D eigenvalue weighted by Crippen LogP contribution is -2.34. The Hall–Kier alpha value is -3.59. The molecule has 0 atom stereocenters. The average Bonchev–Trinajstić information content (AvgIpc) is 3.42. The van der Waals surface area contributed by atoms with Gasteiger partial charge in [0.15, 0.2) is 0 Å². The van der Waals surface area contributed by atoms with Crippen molar-refractivity contribution in [2.24, 2.45) is 7.05 Å². The molecule has 9 heteroatoms. The van der Waals surface area contributed by atoms with Crippen LogP contribution in [0.2, 0.25) is 0 Å². The molecule has 0 aliphatic carbocycles. The van der Waals surface area contributed by atoms with Gasteiger partial charge in [-0.2, -0.15) is 5.10 Å². The summed E-state index contributed by atoms with van der Waals surface area (Å²) < 4.78 is 3.30. The molecule has 1 amide bonds. The standard InChI is InChI=1S/C21H20N6O2S/c1-14-5-6-15(21(29)26(14)2)20(28)24-9-10-27-19(18-4-3-11-30-18)16(12-25-27)17-13-22-7-8-23-17/h3-8,11-13H,9-10H2,1-2H3,(H,24,28). The number of nitrogens with zero attached hydrogens (tertiary/aromatic N) is 5. The smallest absolute Gasteiger partial charge is 0.263 e. The van der Waals surface area contributed by atoms with Gasteiger partial charge < -0.3 is 9.88 Å². The number of carbonyl (C=O) groups is 1. The highest BCUT2D eigenvalue weighted by molar-refractivity contribution is 7.13. The van der Waals surface area contributed by atoms with Gasteiger partial charge in [-0.25, -0.2) is 0 Å². The van der Waals surface area contributed by atoms with Crippen molar-refractivity contribution in [2.75, 3.05) is 6.54 Å². The third-order valence-corrected chi connectivity index (χ3v) is 5.72. The molecule has 0 saturated heterocycles. The van der Waals surface area contributed by atoms with Gasteiger partial charge in [0.25, 0.3) is 11.5 Å². The van der Waals surface area contributed by atoms with Crippen molar-refractivity contribution in [1.82, 2.24) is 29.6 Å². The Kier molecular flexibility index (Phi) is 5.53. The Morgan fingerprint density at radius 1 is 1.20 bits per heavy atom. The van der Waals surface area contributed by atoms with Crippen LogP contribution in [0.25, 0.3) is 21.8 Å². The molecule has 0 spiro atoms. The first-order valence-corrected chi connectivity index (χ1v) is 10.2. The van der Waals surface area contributed by atoms with Gasteiger partial charge in [0.2, 0.25) is 0 Å². The van der Waals surface area contributed by atoms with E-state index in [1.54, 1.807) is 55.3 Å². The van der Waals surface area contributed by atoms with E-state index in [1.807, 2.05) is 29.1 Å². The number of rotatable bonds is 6. The molecular weight excluding hydrogens is 400 g/mol. The second-order valence-electron chi connectivity index (χ2n) is 6.71. The number of amides is 1. The van der Waals surface area contributed by atoms with Crippen LogP contribution in [-0.4, -0.2) is 36.8 Å². The van der Waals surface area contributed by atoms with Crippen LogP contribution in [0.3, 0.4) is 0 Å². The molecule has 152 valence electrons. The molecular formula is C21H20N6O2S. The van der Waals surface area contributed by atoms with Gasteiger partial charge in [0.1, 0.15) is 5.56 Å². The summed E-state index contributed by atoms with van der Waals surface area (Å²) in [6.07, 6.45) is 6.74. The summed E-state index contributed by atoms with van der Waals surface area (Å²) in [7, 11) is 1.65. The van der Waals surface area contributed by atoms with Crippen molar-refractivity contribution < 1.29 is 4.79 Å². The normalized spacial score (nSPS) is 10.9. The van der Waals surface area contributed by atoms with Gasteiger partial charge in [-0.3, -0.25) is 24.2 Å². The first-order chi connectivity index (χ1) is 14.6. The number of hydrogen-bond donors (Lipinski definition) is 1. The number of aromatic nitrogens is 5. The van der Waals surface area contributed by atoms with Crippen LogP contribution in [0, 0.1) is 6.92 Å². The molecule has 0 aliphatic heterocycles. The molecule has 4 heterocycles. The van der Waals surface area contributed by atoms with Crippen LogP contribution in [0.4, 0.5) is 0 Å². The number of hydrogen-bond acceptors (Lipinski definition) is 6. The van der Waals surface area contributed by atoms with Gasteiger partial charge in [-0.1, -0.05) is 6.07 Å². The van der Waals surface area contributed by atoms with Gasteiger partial charge >= 0.3 is 0 Å². The highest BCUT2D eigenvalue weighted by atomic mass is 32.1. The lowest BCUT2D eigenvalue weighted by atomic mass is 10.1. The fraction of sp³-hybridized carbons (Fsp3) is 0.190. The lowest BCUT2D eigenvalue weighted by Gasteiger charge is -2.10. The molecule has 0 radical (unpaired) electrons. The Morgan fingerprint density at radius 3 is 2.80 bits per heavy atom. The van der Waals surface area contributed by atoms with Crippen LogP contribution in [-0.2, 0) is 13.6 Å². The predicted molar refractivity (Wildman–Crippen MR) is 115 cm³/mol. The maximum Gasteiger partial charge on any atom is 0.263 e. The van der Waals surface area contributed by atoms with Crippen molar-refractivity contribution in [3.05, 3.63) is 76.0 Å². The van der Waals surface area contributed by atoms with Crippen molar-refractivity contribution in [1.29, 1.82) is 0 Å². The largest absolute Gasteiger partial charge is 0.350 e. The van der Waals surface area contributed by atoms with Gasteiger partial charge in [-0.15, -0.1) is 11.3 Å². The Labute approximate surface area is 176 Å². The number of carbonyl (C=O) groups excluding carboxylic acids is 1. The summed E-state index contributed by atoms with van der Waals surface area (Å²) in [6, 6.07) is 7.31. The molecule has 8 nitrogen and oxygen atoms in total. The maximum atomic E-state index is 12.5. The van der Waals surface area contributed by atoms with E-state index < -0.39 is 5.91 Å². The van der Waals surface area contributed by atoms with Gasteiger partial charge in [-0.05, 0) is 30.5 Å². The SMILES string of the molecule is Cc1ccc(C(=O)NCCn2ncc(-c3cnccn3)c2-c2cccs2)c(=O)n1C. The first-order valence-electron chi connectivity index (χ1n) is 9.37. The lowest BCUT2D eigenvalue weighted by molar-refractivity contribution is 0.0950. The fourth-order valence-electron chi connectivity index (χ4n) is 3.12. The van der Waals surface area contributed by atoms with Crippen LogP contribution in [0.15, 0.2) is 59.2 Å². The van der Waals surface area contributed by atoms with E-state index in [0.717, 1.165) is 27.5 Å². The Bertz CT molecular complexity index is 1230. The first kappa shape index (κ1) is 19.7. The summed E-state index contributed by atoms with van der Waals surface area (Å²) in [6.45, 7) is 2.60.